The summed E-state index contributed by atoms with van der Waals surface area (Å²) in [6.45, 7) is 2.53. The van der Waals surface area contributed by atoms with Gasteiger partial charge in [-0.05, 0) is 31.9 Å². The van der Waals surface area contributed by atoms with E-state index >= 15 is 0 Å². The van der Waals surface area contributed by atoms with Crippen molar-refractivity contribution in [2.45, 2.75) is 32.3 Å². The second kappa shape index (κ2) is 6.05. The molecule has 3 rings (SSSR count). The standard InChI is InChI=1S/C18H22N2O2/c1-12-9-10-13-5-3-7-15(17(13)19-12)18(22)20(2)11-14-6-4-8-16(14)21/h3,5,7,9-10,14,16,21H,4,6,8,11H2,1-2H3. The normalized spacial score (nSPS) is 21.2. The summed E-state index contributed by atoms with van der Waals surface area (Å²) in [7, 11) is 1.81. The van der Waals surface area contributed by atoms with Crippen LogP contribution in [0.1, 0.15) is 35.3 Å². The zero-order valence-corrected chi connectivity index (χ0v) is 13.1. The Labute approximate surface area is 130 Å². The highest BCUT2D eigenvalue weighted by molar-refractivity contribution is 6.05. The molecule has 116 valence electrons. The van der Waals surface area contributed by atoms with Crippen LogP contribution < -0.4 is 0 Å². The highest BCUT2D eigenvalue weighted by atomic mass is 16.3. The van der Waals surface area contributed by atoms with Crippen molar-refractivity contribution < 1.29 is 9.90 Å². The first-order valence-corrected chi connectivity index (χ1v) is 7.86. The van der Waals surface area contributed by atoms with Gasteiger partial charge in [-0.2, -0.15) is 0 Å². The minimum atomic E-state index is -0.275. The Morgan fingerprint density at radius 1 is 1.32 bits per heavy atom. The maximum atomic E-state index is 12.8. The largest absolute Gasteiger partial charge is 0.393 e. The van der Waals surface area contributed by atoms with Gasteiger partial charge in [-0.1, -0.05) is 24.6 Å². The molecule has 0 aliphatic heterocycles. The molecule has 1 aromatic heterocycles. The quantitative estimate of drug-likeness (QED) is 0.948. The van der Waals surface area contributed by atoms with Crippen LogP contribution in [-0.4, -0.2) is 40.6 Å². The number of aliphatic hydroxyl groups is 1. The summed E-state index contributed by atoms with van der Waals surface area (Å²) in [5.41, 5.74) is 2.30. The average molecular weight is 298 g/mol. The summed E-state index contributed by atoms with van der Waals surface area (Å²) in [6, 6.07) is 9.65. The van der Waals surface area contributed by atoms with Crippen LogP contribution in [0.25, 0.3) is 10.9 Å². The first kappa shape index (κ1) is 15.0. The topological polar surface area (TPSA) is 53.4 Å². The van der Waals surface area contributed by atoms with E-state index in [-0.39, 0.29) is 17.9 Å². The summed E-state index contributed by atoms with van der Waals surface area (Å²) in [5.74, 6) is 0.168. The first-order valence-electron chi connectivity index (χ1n) is 7.86. The van der Waals surface area contributed by atoms with E-state index in [0.717, 1.165) is 35.9 Å². The second-order valence-electron chi connectivity index (χ2n) is 6.27. The Balaban J connectivity index is 1.86. The smallest absolute Gasteiger partial charge is 0.255 e. The molecular weight excluding hydrogens is 276 g/mol. The van der Waals surface area contributed by atoms with Crippen molar-refractivity contribution in [1.29, 1.82) is 0 Å². The molecule has 1 aromatic carbocycles. The fraction of sp³-hybridized carbons (Fsp3) is 0.444. The zero-order chi connectivity index (χ0) is 15.7. The lowest BCUT2D eigenvalue weighted by atomic mass is 10.0. The highest BCUT2D eigenvalue weighted by Gasteiger charge is 2.28. The number of aryl methyl sites for hydroxylation is 1. The fourth-order valence-electron chi connectivity index (χ4n) is 3.29. The molecule has 22 heavy (non-hydrogen) atoms. The molecule has 1 amide bonds. The van der Waals surface area contributed by atoms with E-state index in [1.807, 2.05) is 44.3 Å². The van der Waals surface area contributed by atoms with Crippen molar-refractivity contribution in [3.05, 3.63) is 41.6 Å². The Kier molecular flexibility index (Phi) is 4.12. The number of hydrogen-bond acceptors (Lipinski definition) is 3. The van der Waals surface area contributed by atoms with Crippen LogP contribution in [0.5, 0.6) is 0 Å². The van der Waals surface area contributed by atoms with Gasteiger partial charge in [0, 0.05) is 30.6 Å². The van der Waals surface area contributed by atoms with Gasteiger partial charge in [0.1, 0.15) is 0 Å². The van der Waals surface area contributed by atoms with Crippen molar-refractivity contribution in [3.63, 3.8) is 0 Å². The number of pyridine rings is 1. The lowest BCUT2D eigenvalue weighted by molar-refractivity contribution is 0.0695. The Bertz CT molecular complexity index is 699. The Morgan fingerprint density at radius 3 is 2.86 bits per heavy atom. The van der Waals surface area contributed by atoms with E-state index in [9.17, 15) is 9.90 Å². The maximum absolute atomic E-state index is 12.8. The number of hydrogen-bond donors (Lipinski definition) is 1. The third kappa shape index (κ3) is 2.83. The summed E-state index contributed by atoms with van der Waals surface area (Å²) in [6.07, 6.45) is 2.61. The predicted molar refractivity (Wildman–Crippen MR) is 86.8 cm³/mol. The number of carbonyl (C=O) groups excluding carboxylic acids is 1. The molecule has 1 saturated carbocycles. The summed E-state index contributed by atoms with van der Waals surface area (Å²) < 4.78 is 0. The van der Waals surface area contributed by atoms with Gasteiger partial charge in [0.25, 0.3) is 5.91 Å². The van der Waals surface area contributed by atoms with Crippen LogP contribution in [0.15, 0.2) is 30.3 Å². The number of para-hydroxylation sites is 1. The van der Waals surface area contributed by atoms with E-state index in [4.69, 9.17) is 0 Å². The van der Waals surface area contributed by atoms with E-state index in [2.05, 4.69) is 4.98 Å². The number of aliphatic hydroxyl groups excluding tert-OH is 1. The molecule has 0 spiro atoms. The molecule has 2 atom stereocenters. The molecule has 2 unspecified atom stereocenters. The van der Waals surface area contributed by atoms with Crippen LogP contribution in [0, 0.1) is 12.8 Å². The van der Waals surface area contributed by atoms with Gasteiger partial charge in [0.2, 0.25) is 0 Å². The van der Waals surface area contributed by atoms with Crippen molar-refractivity contribution in [1.82, 2.24) is 9.88 Å². The molecule has 0 bridgehead atoms. The summed E-state index contributed by atoms with van der Waals surface area (Å²) in [4.78, 5) is 19.0. The number of benzene rings is 1. The van der Waals surface area contributed by atoms with Gasteiger partial charge in [0.15, 0.2) is 0 Å². The number of rotatable bonds is 3. The Hall–Kier alpha value is -1.94. The van der Waals surface area contributed by atoms with Gasteiger partial charge in [0.05, 0.1) is 17.2 Å². The van der Waals surface area contributed by atoms with E-state index in [1.165, 1.54) is 0 Å². The number of fused-ring (bicyclic) bond motifs is 1. The maximum Gasteiger partial charge on any atom is 0.255 e. The monoisotopic (exact) mass is 298 g/mol. The molecular formula is C18H22N2O2. The molecule has 1 N–H and O–H groups in total. The van der Waals surface area contributed by atoms with Crippen molar-refractivity contribution in [2.24, 2.45) is 5.92 Å². The minimum absolute atomic E-state index is 0.0252. The molecule has 1 fully saturated rings. The summed E-state index contributed by atoms with van der Waals surface area (Å²) in [5, 5.41) is 10.9. The molecule has 0 saturated heterocycles. The lowest BCUT2D eigenvalue weighted by Crippen LogP contribution is -2.34. The average Bonchev–Trinajstić information content (AvgIpc) is 2.91. The molecule has 0 radical (unpaired) electrons. The third-order valence-corrected chi connectivity index (χ3v) is 4.56. The minimum Gasteiger partial charge on any atom is -0.393 e. The molecule has 1 heterocycles. The van der Waals surface area contributed by atoms with Gasteiger partial charge in [-0.3, -0.25) is 9.78 Å². The van der Waals surface area contributed by atoms with Crippen molar-refractivity contribution in [2.75, 3.05) is 13.6 Å². The zero-order valence-electron chi connectivity index (χ0n) is 13.1. The lowest BCUT2D eigenvalue weighted by Gasteiger charge is -2.23. The predicted octanol–water partition coefficient (Wildman–Crippen LogP) is 2.78. The second-order valence-corrected chi connectivity index (χ2v) is 6.27. The summed E-state index contributed by atoms with van der Waals surface area (Å²) >= 11 is 0. The van der Waals surface area contributed by atoms with Crippen molar-refractivity contribution >= 4 is 16.8 Å². The Morgan fingerprint density at radius 2 is 2.14 bits per heavy atom. The van der Waals surface area contributed by atoms with E-state index < -0.39 is 0 Å². The molecule has 1 aliphatic rings. The molecule has 1 aliphatic carbocycles. The van der Waals surface area contributed by atoms with Crippen LogP contribution in [-0.2, 0) is 0 Å². The van der Waals surface area contributed by atoms with E-state index in [1.54, 1.807) is 4.90 Å². The van der Waals surface area contributed by atoms with Crippen LogP contribution in [0.3, 0.4) is 0 Å². The molecule has 4 nitrogen and oxygen atoms in total. The third-order valence-electron chi connectivity index (χ3n) is 4.56. The van der Waals surface area contributed by atoms with Gasteiger partial charge >= 0.3 is 0 Å². The number of amides is 1. The molecule has 2 aromatic rings. The fourth-order valence-corrected chi connectivity index (χ4v) is 3.29. The van der Waals surface area contributed by atoms with Gasteiger partial charge in [-0.25, -0.2) is 0 Å². The number of carbonyl (C=O) groups is 1. The molecule has 4 heteroatoms. The van der Waals surface area contributed by atoms with Crippen molar-refractivity contribution in [3.8, 4) is 0 Å². The highest BCUT2D eigenvalue weighted by Crippen LogP contribution is 2.27. The van der Waals surface area contributed by atoms with E-state index in [0.29, 0.717) is 12.1 Å². The van der Waals surface area contributed by atoms with Gasteiger partial charge < -0.3 is 10.0 Å². The van der Waals surface area contributed by atoms with Crippen LogP contribution in [0.2, 0.25) is 0 Å². The number of aromatic nitrogens is 1. The SMILES string of the molecule is Cc1ccc2cccc(C(=O)N(C)CC3CCCC3O)c2n1. The van der Waals surface area contributed by atoms with Crippen LogP contribution >= 0.6 is 0 Å². The number of nitrogens with zero attached hydrogens (tertiary/aromatic N) is 2. The van der Waals surface area contributed by atoms with Crippen LogP contribution in [0.4, 0.5) is 0 Å². The van der Waals surface area contributed by atoms with Gasteiger partial charge in [-0.15, -0.1) is 0 Å². The first-order chi connectivity index (χ1) is 10.6.